The van der Waals surface area contributed by atoms with Gasteiger partial charge in [0.25, 0.3) is 5.91 Å². The zero-order valence-electron chi connectivity index (χ0n) is 6.71. The van der Waals surface area contributed by atoms with Gasteiger partial charge in [-0.25, -0.2) is 0 Å². The van der Waals surface area contributed by atoms with Crippen LogP contribution < -0.4 is 5.32 Å². The Morgan fingerprint density at radius 1 is 1.50 bits per heavy atom. The summed E-state index contributed by atoms with van der Waals surface area (Å²) in [7, 11) is 0. The quantitative estimate of drug-likeness (QED) is 0.612. The molecule has 0 unspecified atom stereocenters. The summed E-state index contributed by atoms with van der Waals surface area (Å²) < 4.78 is 0. The molecule has 0 aliphatic carbocycles. The van der Waals surface area contributed by atoms with E-state index in [0.717, 1.165) is 30.5 Å². The highest BCUT2D eigenvalue weighted by Crippen LogP contribution is 2.11. The van der Waals surface area contributed by atoms with Crippen LogP contribution in [0.2, 0.25) is 0 Å². The number of fused-ring (bicyclic) bond motifs is 1. The van der Waals surface area contributed by atoms with E-state index in [9.17, 15) is 4.79 Å². The number of nitrogens with zero attached hydrogens (tertiary/aromatic N) is 1. The molecule has 0 bridgehead atoms. The molecule has 0 spiro atoms. The van der Waals surface area contributed by atoms with Gasteiger partial charge >= 0.3 is 0 Å². The molecular weight excluding hydrogens is 152 g/mol. The van der Waals surface area contributed by atoms with Gasteiger partial charge in [-0.2, -0.15) is 0 Å². The van der Waals surface area contributed by atoms with Crippen molar-refractivity contribution in [1.29, 1.82) is 0 Å². The second-order valence-corrected chi connectivity index (χ2v) is 2.89. The lowest BCUT2D eigenvalue weighted by atomic mass is 10.1. The number of amides is 1. The SMILES string of the molecule is O=C1NCCCc2ccncc21. The Hall–Kier alpha value is -1.38. The summed E-state index contributed by atoms with van der Waals surface area (Å²) in [6, 6.07) is 1.92. The van der Waals surface area contributed by atoms with Crippen LogP contribution in [-0.4, -0.2) is 17.4 Å². The van der Waals surface area contributed by atoms with Crippen LogP contribution in [0.1, 0.15) is 22.3 Å². The lowest BCUT2D eigenvalue weighted by Gasteiger charge is -2.00. The van der Waals surface area contributed by atoms with Crippen LogP contribution in [-0.2, 0) is 6.42 Å². The second-order valence-electron chi connectivity index (χ2n) is 2.89. The number of carbonyl (C=O) groups is 1. The normalized spacial score (nSPS) is 16.2. The summed E-state index contributed by atoms with van der Waals surface area (Å²) in [6.07, 6.45) is 5.35. The Morgan fingerprint density at radius 2 is 2.42 bits per heavy atom. The van der Waals surface area contributed by atoms with E-state index in [-0.39, 0.29) is 5.91 Å². The first kappa shape index (κ1) is 7.28. The molecule has 0 fully saturated rings. The molecule has 3 nitrogen and oxygen atoms in total. The Labute approximate surface area is 70.8 Å². The summed E-state index contributed by atoms with van der Waals surface area (Å²) in [4.78, 5) is 15.3. The van der Waals surface area contributed by atoms with Crippen LogP contribution in [0.3, 0.4) is 0 Å². The smallest absolute Gasteiger partial charge is 0.253 e. The summed E-state index contributed by atoms with van der Waals surface area (Å²) in [5, 5.41) is 2.82. The van der Waals surface area contributed by atoms with Crippen molar-refractivity contribution >= 4 is 5.91 Å². The maximum absolute atomic E-state index is 11.4. The third-order valence-corrected chi connectivity index (χ3v) is 2.06. The van der Waals surface area contributed by atoms with Crippen LogP contribution in [0, 0.1) is 0 Å². The first-order chi connectivity index (χ1) is 5.88. The van der Waals surface area contributed by atoms with E-state index < -0.39 is 0 Å². The standard InChI is InChI=1S/C9H10N2O/c12-9-8-6-10-5-3-7(8)2-1-4-11-9/h3,5-6H,1-2,4H2,(H,11,12). The van der Waals surface area contributed by atoms with Crippen molar-refractivity contribution in [2.75, 3.05) is 6.54 Å². The summed E-state index contributed by atoms with van der Waals surface area (Å²) in [6.45, 7) is 0.771. The van der Waals surface area contributed by atoms with Crippen molar-refractivity contribution in [2.45, 2.75) is 12.8 Å². The molecule has 1 N–H and O–H groups in total. The third kappa shape index (κ3) is 1.18. The van der Waals surface area contributed by atoms with E-state index >= 15 is 0 Å². The summed E-state index contributed by atoms with van der Waals surface area (Å²) >= 11 is 0. The van der Waals surface area contributed by atoms with Gasteiger partial charge in [-0.15, -0.1) is 0 Å². The number of nitrogens with one attached hydrogen (secondary N) is 1. The maximum Gasteiger partial charge on any atom is 0.253 e. The van der Waals surface area contributed by atoms with Crippen molar-refractivity contribution in [1.82, 2.24) is 10.3 Å². The molecule has 2 heterocycles. The van der Waals surface area contributed by atoms with E-state index in [2.05, 4.69) is 10.3 Å². The molecule has 0 aromatic carbocycles. The first-order valence-corrected chi connectivity index (χ1v) is 4.09. The van der Waals surface area contributed by atoms with Gasteiger partial charge in [0.1, 0.15) is 0 Å². The van der Waals surface area contributed by atoms with Crippen molar-refractivity contribution in [3.63, 3.8) is 0 Å². The molecular formula is C9H10N2O. The number of aromatic nitrogens is 1. The molecule has 0 saturated heterocycles. The van der Waals surface area contributed by atoms with Crippen LogP contribution in [0.4, 0.5) is 0 Å². The van der Waals surface area contributed by atoms with E-state index in [1.807, 2.05) is 6.07 Å². The highest BCUT2D eigenvalue weighted by Gasteiger charge is 2.13. The van der Waals surface area contributed by atoms with Gasteiger partial charge in [-0.3, -0.25) is 9.78 Å². The summed E-state index contributed by atoms with van der Waals surface area (Å²) in [5.74, 6) is 0.00981. The topological polar surface area (TPSA) is 42.0 Å². The van der Waals surface area contributed by atoms with Crippen LogP contribution in [0.5, 0.6) is 0 Å². The van der Waals surface area contributed by atoms with E-state index in [4.69, 9.17) is 0 Å². The van der Waals surface area contributed by atoms with Gasteiger partial charge in [-0.05, 0) is 24.5 Å². The average molecular weight is 162 g/mol. The Balaban J connectivity index is 2.46. The first-order valence-electron chi connectivity index (χ1n) is 4.09. The van der Waals surface area contributed by atoms with Gasteiger partial charge in [0.2, 0.25) is 0 Å². The summed E-state index contributed by atoms with van der Waals surface area (Å²) in [5.41, 5.74) is 1.84. The van der Waals surface area contributed by atoms with Gasteiger partial charge in [0.05, 0.1) is 5.56 Å². The predicted molar refractivity (Wildman–Crippen MR) is 44.9 cm³/mol. The number of carbonyl (C=O) groups excluding carboxylic acids is 1. The van der Waals surface area contributed by atoms with Gasteiger partial charge in [0.15, 0.2) is 0 Å². The minimum atomic E-state index is 0.00981. The molecule has 1 aliphatic rings. The highest BCUT2D eigenvalue weighted by molar-refractivity contribution is 5.95. The zero-order valence-corrected chi connectivity index (χ0v) is 6.71. The van der Waals surface area contributed by atoms with E-state index in [1.54, 1.807) is 12.4 Å². The molecule has 1 aromatic heterocycles. The molecule has 12 heavy (non-hydrogen) atoms. The number of pyridine rings is 1. The fraction of sp³-hybridized carbons (Fsp3) is 0.333. The van der Waals surface area contributed by atoms with Crippen LogP contribution >= 0.6 is 0 Å². The molecule has 62 valence electrons. The van der Waals surface area contributed by atoms with Crippen LogP contribution in [0.25, 0.3) is 0 Å². The highest BCUT2D eigenvalue weighted by atomic mass is 16.1. The molecule has 2 rings (SSSR count). The van der Waals surface area contributed by atoms with Crippen molar-refractivity contribution < 1.29 is 4.79 Å². The Kier molecular flexibility index (Phi) is 1.78. The van der Waals surface area contributed by atoms with E-state index in [0.29, 0.717) is 0 Å². The maximum atomic E-state index is 11.4. The lowest BCUT2D eigenvalue weighted by molar-refractivity contribution is 0.0955. The van der Waals surface area contributed by atoms with Gasteiger partial charge in [-0.1, -0.05) is 0 Å². The van der Waals surface area contributed by atoms with Gasteiger partial charge < -0.3 is 5.32 Å². The molecule has 0 radical (unpaired) electrons. The predicted octanol–water partition coefficient (Wildman–Crippen LogP) is 0.758. The monoisotopic (exact) mass is 162 g/mol. The number of hydrogen-bond acceptors (Lipinski definition) is 2. The fourth-order valence-corrected chi connectivity index (χ4v) is 1.42. The molecule has 0 saturated carbocycles. The molecule has 1 aliphatic heterocycles. The number of rotatable bonds is 0. The van der Waals surface area contributed by atoms with E-state index in [1.165, 1.54) is 0 Å². The Bertz CT molecular complexity index is 309. The number of hydrogen-bond donors (Lipinski definition) is 1. The zero-order chi connectivity index (χ0) is 8.39. The molecule has 1 amide bonds. The van der Waals surface area contributed by atoms with Crippen molar-refractivity contribution in [3.05, 3.63) is 29.6 Å². The van der Waals surface area contributed by atoms with Gasteiger partial charge in [0, 0.05) is 18.9 Å². The van der Waals surface area contributed by atoms with Crippen LogP contribution in [0.15, 0.2) is 18.5 Å². The minimum absolute atomic E-state index is 0.00981. The molecule has 3 heteroatoms. The minimum Gasteiger partial charge on any atom is -0.352 e. The molecule has 1 aromatic rings. The third-order valence-electron chi connectivity index (χ3n) is 2.06. The second kappa shape index (κ2) is 2.93. The fourth-order valence-electron chi connectivity index (χ4n) is 1.42. The largest absolute Gasteiger partial charge is 0.352 e. The lowest BCUT2D eigenvalue weighted by Crippen LogP contribution is -2.22. The molecule has 0 atom stereocenters. The van der Waals surface area contributed by atoms with Crippen molar-refractivity contribution in [3.8, 4) is 0 Å². The number of aryl methyl sites for hydroxylation is 1. The average Bonchev–Trinajstić information content (AvgIpc) is 2.29. The Morgan fingerprint density at radius 3 is 3.33 bits per heavy atom. The van der Waals surface area contributed by atoms with Crippen molar-refractivity contribution in [2.24, 2.45) is 0 Å².